The molecule has 0 aliphatic rings. The molecule has 0 saturated carbocycles. The van der Waals surface area contributed by atoms with Crippen molar-refractivity contribution in [1.29, 1.82) is 0 Å². The van der Waals surface area contributed by atoms with Gasteiger partial charge in [-0.05, 0) is 58.2 Å². The molecule has 0 aliphatic carbocycles. The van der Waals surface area contributed by atoms with E-state index < -0.39 is 5.60 Å². The third kappa shape index (κ3) is 5.03. The molecule has 0 fully saturated rings. The zero-order valence-corrected chi connectivity index (χ0v) is 12.4. The summed E-state index contributed by atoms with van der Waals surface area (Å²) in [6.07, 6.45) is 1.47. The number of amides is 1. The van der Waals surface area contributed by atoms with Crippen LogP contribution in [0.25, 0.3) is 0 Å². The van der Waals surface area contributed by atoms with Gasteiger partial charge in [0.15, 0.2) is 0 Å². The lowest BCUT2D eigenvalue weighted by Gasteiger charge is -2.19. The summed E-state index contributed by atoms with van der Waals surface area (Å²) in [5.74, 6) is 0.0788. The summed E-state index contributed by atoms with van der Waals surface area (Å²) >= 11 is 0. The first kappa shape index (κ1) is 15.7. The fourth-order valence-corrected chi connectivity index (χ4v) is 2.00. The molecule has 19 heavy (non-hydrogen) atoms. The van der Waals surface area contributed by atoms with E-state index in [1.54, 1.807) is 13.8 Å². The van der Waals surface area contributed by atoms with Crippen molar-refractivity contribution in [1.82, 2.24) is 4.90 Å². The maximum Gasteiger partial charge on any atom is 0.253 e. The van der Waals surface area contributed by atoms with Gasteiger partial charge in [0.05, 0.1) is 5.60 Å². The number of hydrogen-bond acceptors (Lipinski definition) is 2. The molecule has 106 valence electrons. The quantitative estimate of drug-likeness (QED) is 0.857. The Balaban J connectivity index is 2.79. The zero-order chi connectivity index (χ0) is 14.5. The molecule has 0 heterocycles. The molecule has 0 saturated heterocycles. The van der Waals surface area contributed by atoms with Crippen molar-refractivity contribution in [3.63, 3.8) is 0 Å². The number of hydrogen-bond donors (Lipinski definition) is 1. The minimum Gasteiger partial charge on any atom is -0.390 e. The summed E-state index contributed by atoms with van der Waals surface area (Å²) in [7, 11) is 0. The topological polar surface area (TPSA) is 40.5 Å². The standard InChI is InChI=1S/C16H25NO2/c1-5-17(6-2)15(18)14-9-7-8-13(12-14)10-11-16(3,4)19/h7-9,12,19H,5-6,10-11H2,1-4H3. The molecule has 0 aliphatic heterocycles. The average Bonchev–Trinajstić information content (AvgIpc) is 2.37. The highest BCUT2D eigenvalue weighted by molar-refractivity contribution is 5.94. The van der Waals surface area contributed by atoms with Gasteiger partial charge in [-0.2, -0.15) is 0 Å². The van der Waals surface area contributed by atoms with Crippen LogP contribution in [0.5, 0.6) is 0 Å². The monoisotopic (exact) mass is 263 g/mol. The molecule has 1 aromatic carbocycles. The van der Waals surface area contributed by atoms with E-state index in [-0.39, 0.29) is 5.91 Å². The van der Waals surface area contributed by atoms with E-state index >= 15 is 0 Å². The van der Waals surface area contributed by atoms with Gasteiger partial charge in [0.1, 0.15) is 0 Å². The van der Waals surface area contributed by atoms with E-state index in [2.05, 4.69) is 0 Å². The molecular formula is C16H25NO2. The highest BCUT2D eigenvalue weighted by Gasteiger charge is 2.15. The summed E-state index contributed by atoms with van der Waals surface area (Å²) < 4.78 is 0. The summed E-state index contributed by atoms with van der Waals surface area (Å²) in [6.45, 7) is 9.03. The Kier molecular flexibility index (Phi) is 5.55. The second kappa shape index (κ2) is 6.71. The molecule has 0 aromatic heterocycles. The van der Waals surface area contributed by atoms with E-state index in [1.807, 2.05) is 43.0 Å². The number of nitrogens with zero attached hydrogens (tertiary/aromatic N) is 1. The molecular weight excluding hydrogens is 238 g/mol. The smallest absolute Gasteiger partial charge is 0.253 e. The van der Waals surface area contributed by atoms with Gasteiger partial charge >= 0.3 is 0 Å². The van der Waals surface area contributed by atoms with Crippen LogP contribution >= 0.6 is 0 Å². The molecule has 3 nitrogen and oxygen atoms in total. The van der Waals surface area contributed by atoms with E-state index in [1.165, 1.54) is 0 Å². The van der Waals surface area contributed by atoms with E-state index in [0.29, 0.717) is 6.42 Å². The highest BCUT2D eigenvalue weighted by Crippen LogP contribution is 2.15. The van der Waals surface area contributed by atoms with Crippen LogP contribution in [-0.4, -0.2) is 34.6 Å². The first-order valence-corrected chi connectivity index (χ1v) is 6.98. The zero-order valence-electron chi connectivity index (χ0n) is 12.4. The Morgan fingerprint density at radius 2 is 1.89 bits per heavy atom. The van der Waals surface area contributed by atoms with Crippen LogP contribution < -0.4 is 0 Å². The van der Waals surface area contributed by atoms with Crippen molar-refractivity contribution in [2.75, 3.05) is 13.1 Å². The van der Waals surface area contributed by atoms with Gasteiger partial charge in [0, 0.05) is 18.7 Å². The van der Waals surface area contributed by atoms with Gasteiger partial charge in [0.2, 0.25) is 0 Å². The van der Waals surface area contributed by atoms with Crippen LogP contribution in [0.15, 0.2) is 24.3 Å². The number of rotatable bonds is 6. The number of aliphatic hydroxyl groups is 1. The van der Waals surface area contributed by atoms with Crippen LogP contribution in [0.2, 0.25) is 0 Å². The van der Waals surface area contributed by atoms with Crippen LogP contribution in [0, 0.1) is 0 Å². The SMILES string of the molecule is CCN(CC)C(=O)c1cccc(CCC(C)(C)O)c1. The van der Waals surface area contributed by atoms with Crippen LogP contribution in [-0.2, 0) is 6.42 Å². The molecule has 1 N–H and O–H groups in total. The lowest BCUT2D eigenvalue weighted by molar-refractivity contribution is 0.0714. The molecule has 0 atom stereocenters. The molecule has 1 rings (SSSR count). The van der Waals surface area contributed by atoms with E-state index in [9.17, 15) is 9.90 Å². The number of aryl methyl sites for hydroxylation is 1. The van der Waals surface area contributed by atoms with Gasteiger partial charge in [-0.1, -0.05) is 12.1 Å². The molecule has 0 unspecified atom stereocenters. The molecule has 1 amide bonds. The molecule has 0 bridgehead atoms. The van der Waals surface area contributed by atoms with Gasteiger partial charge < -0.3 is 10.0 Å². The maximum absolute atomic E-state index is 12.2. The predicted octanol–water partition coefficient (Wildman–Crippen LogP) is 2.87. The Morgan fingerprint density at radius 3 is 2.42 bits per heavy atom. The summed E-state index contributed by atoms with van der Waals surface area (Å²) in [6, 6.07) is 7.71. The van der Waals surface area contributed by atoms with E-state index in [0.717, 1.165) is 30.6 Å². The third-order valence-corrected chi connectivity index (χ3v) is 3.25. The van der Waals surface area contributed by atoms with Crippen molar-refractivity contribution in [2.24, 2.45) is 0 Å². The first-order valence-electron chi connectivity index (χ1n) is 6.98. The largest absolute Gasteiger partial charge is 0.390 e. The number of benzene rings is 1. The molecule has 3 heteroatoms. The highest BCUT2D eigenvalue weighted by atomic mass is 16.3. The molecule has 0 radical (unpaired) electrons. The van der Waals surface area contributed by atoms with Crippen molar-refractivity contribution in [2.45, 2.75) is 46.1 Å². The van der Waals surface area contributed by atoms with Crippen LogP contribution in [0.3, 0.4) is 0 Å². The van der Waals surface area contributed by atoms with Gasteiger partial charge in [-0.3, -0.25) is 4.79 Å². The van der Waals surface area contributed by atoms with Crippen molar-refractivity contribution in [3.8, 4) is 0 Å². The third-order valence-electron chi connectivity index (χ3n) is 3.25. The normalized spacial score (nSPS) is 11.4. The summed E-state index contributed by atoms with van der Waals surface area (Å²) in [5, 5.41) is 9.75. The summed E-state index contributed by atoms with van der Waals surface area (Å²) in [4.78, 5) is 14.1. The van der Waals surface area contributed by atoms with Crippen LogP contribution in [0.1, 0.15) is 50.0 Å². The van der Waals surface area contributed by atoms with Crippen molar-refractivity contribution < 1.29 is 9.90 Å². The lowest BCUT2D eigenvalue weighted by Crippen LogP contribution is -2.30. The minimum absolute atomic E-state index is 0.0788. The minimum atomic E-state index is -0.668. The average molecular weight is 263 g/mol. The first-order chi connectivity index (χ1) is 8.87. The lowest BCUT2D eigenvalue weighted by atomic mass is 9.98. The van der Waals surface area contributed by atoms with Gasteiger partial charge in [-0.15, -0.1) is 0 Å². The predicted molar refractivity (Wildman–Crippen MR) is 78.3 cm³/mol. The Morgan fingerprint density at radius 1 is 1.26 bits per heavy atom. The molecule has 1 aromatic rings. The Bertz CT molecular complexity index is 417. The van der Waals surface area contributed by atoms with E-state index in [4.69, 9.17) is 0 Å². The second-order valence-corrected chi connectivity index (χ2v) is 5.49. The maximum atomic E-state index is 12.2. The number of carbonyl (C=O) groups is 1. The van der Waals surface area contributed by atoms with Gasteiger partial charge in [-0.25, -0.2) is 0 Å². The Hall–Kier alpha value is -1.35. The fraction of sp³-hybridized carbons (Fsp3) is 0.562. The second-order valence-electron chi connectivity index (χ2n) is 5.49. The summed E-state index contributed by atoms with van der Waals surface area (Å²) in [5.41, 5.74) is 1.16. The van der Waals surface area contributed by atoms with Crippen molar-refractivity contribution in [3.05, 3.63) is 35.4 Å². The van der Waals surface area contributed by atoms with Crippen LogP contribution in [0.4, 0.5) is 0 Å². The van der Waals surface area contributed by atoms with Crippen molar-refractivity contribution >= 4 is 5.91 Å². The fourth-order valence-electron chi connectivity index (χ4n) is 2.00. The van der Waals surface area contributed by atoms with Gasteiger partial charge in [0.25, 0.3) is 5.91 Å². The number of carbonyl (C=O) groups excluding carboxylic acids is 1. The Labute approximate surface area is 116 Å². The molecule has 0 spiro atoms.